The van der Waals surface area contributed by atoms with E-state index in [0.717, 1.165) is 33.9 Å². The summed E-state index contributed by atoms with van der Waals surface area (Å²) in [5.41, 5.74) is 13.3. The molecule has 1 unspecified atom stereocenters. The van der Waals surface area contributed by atoms with Crippen molar-refractivity contribution < 1.29 is 9.53 Å². The van der Waals surface area contributed by atoms with E-state index in [1.54, 1.807) is 7.05 Å². The summed E-state index contributed by atoms with van der Waals surface area (Å²) in [6, 6.07) is 28.1. The zero-order chi connectivity index (χ0) is 28.6. The number of hydrogen-bond acceptors (Lipinski definition) is 6. The highest BCUT2D eigenvalue weighted by atomic mass is 16.5. The van der Waals surface area contributed by atoms with Gasteiger partial charge in [-0.05, 0) is 44.0 Å². The van der Waals surface area contributed by atoms with Crippen molar-refractivity contribution in [2.75, 3.05) is 25.6 Å². The summed E-state index contributed by atoms with van der Waals surface area (Å²) in [6.45, 7) is 10.3. The summed E-state index contributed by atoms with van der Waals surface area (Å²) >= 11 is 0. The third-order valence-electron chi connectivity index (χ3n) is 6.86. The number of dihydropyridines is 1. The Kier molecular flexibility index (Phi) is 9.07. The SMILES string of the molecule is C=C(NNC(=NC)C1=C(N(C)c2ccccc2)NC(C)=C(C(=O)OCC)C1c1ccccc1)c1ccc(C)cc1. The minimum absolute atomic E-state index is 0.276. The molecule has 0 fully saturated rings. The van der Waals surface area contributed by atoms with Crippen molar-refractivity contribution in [2.24, 2.45) is 4.99 Å². The minimum Gasteiger partial charge on any atom is -0.463 e. The van der Waals surface area contributed by atoms with Crippen molar-refractivity contribution >= 4 is 23.2 Å². The van der Waals surface area contributed by atoms with Gasteiger partial charge in [0.2, 0.25) is 0 Å². The molecule has 4 rings (SSSR count). The summed E-state index contributed by atoms with van der Waals surface area (Å²) in [6.07, 6.45) is 0. The Balaban J connectivity index is 1.84. The first kappa shape index (κ1) is 28.2. The maximum atomic E-state index is 13.4. The second-order valence-electron chi connectivity index (χ2n) is 9.55. The molecule has 40 heavy (non-hydrogen) atoms. The van der Waals surface area contributed by atoms with E-state index in [4.69, 9.17) is 4.74 Å². The number of aryl methyl sites for hydroxylation is 1. The van der Waals surface area contributed by atoms with E-state index >= 15 is 0 Å². The molecular weight excluding hydrogens is 498 g/mol. The lowest BCUT2D eigenvalue weighted by atomic mass is 9.80. The minimum atomic E-state index is -0.455. The number of allylic oxidation sites excluding steroid dienone is 1. The van der Waals surface area contributed by atoms with Crippen molar-refractivity contribution in [3.05, 3.63) is 131 Å². The van der Waals surface area contributed by atoms with E-state index in [1.165, 1.54) is 5.56 Å². The predicted molar refractivity (Wildman–Crippen MR) is 163 cm³/mol. The standard InChI is InChI=1S/C33H37N5O2/c1-7-40-33(39)28-24(4)35-32(38(6)27-16-12-9-13-17-27)30(29(28)26-14-10-8-11-15-26)31(34-5)37-36-23(3)25-20-18-22(2)19-21-25/h8-21,29,35-36H,3,7H2,1-2,4-6H3,(H,34,37). The molecule has 3 aromatic carbocycles. The van der Waals surface area contributed by atoms with Crippen molar-refractivity contribution in [1.29, 1.82) is 0 Å². The highest BCUT2D eigenvalue weighted by Crippen LogP contribution is 2.40. The van der Waals surface area contributed by atoms with Gasteiger partial charge in [0.1, 0.15) is 11.7 Å². The predicted octanol–water partition coefficient (Wildman–Crippen LogP) is 5.66. The van der Waals surface area contributed by atoms with E-state index in [0.29, 0.717) is 17.1 Å². The Morgan fingerprint density at radius 1 is 0.950 bits per heavy atom. The molecular formula is C33H37N5O2. The first-order valence-corrected chi connectivity index (χ1v) is 13.3. The third kappa shape index (κ3) is 6.10. The van der Waals surface area contributed by atoms with Gasteiger partial charge in [-0.2, -0.15) is 0 Å². The summed E-state index contributed by atoms with van der Waals surface area (Å²) in [5.74, 6) is 0.527. The van der Waals surface area contributed by atoms with Crippen LogP contribution >= 0.6 is 0 Å². The highest BCUT2D eigenvalue weighted by Gasteiger charge is 2.38. The molecule has 0 aliphatic carbocycles. The lowest BCUT2D eigenvalue weighted by molar-refractivity contribution is -0.138. The molecule has 0 bridgehead atoms. The van der Waals surface area contributed by atoms with Gasteiger partial charge in [-0.15, -0.1) is 0 Å². The smallest absolute Gasteiger partial charge is 0.336 e. The van der Waals surface area contributed by atoms with Gasteiger partial charge in [0.25, 0.3) is 0 Å². The number of hydrogen-bond donors (Lipinski definition) is 3. The second-order valence-corrected chi connectivity index (χ2v) is 9.55. The molecule has 0 radical (unpaired) electrons. The number of nitrogens with one attached hydrogen (secondary N) is 3. The maximum absolute atomic E-state index is 13.4. The molecule has 3 N–H and O–H groups in total. The average molecular weight is 536 g/mol. The van der Waals surface area contributed by atoms with Crippen LogP contribution in [0.5, 0.6) is 0 Å². The van der Waals surface area contributed by atoms with Crippen LogP contribution in [0.4, 0.5) is 5.69 Å². The Bertz CT molecular complexity index is 1440. The molecule has 1 atom stereocenters. The highest BCUT2D eigenvalue weighted by molar-refractivity contribution is 6.05. The van der Waals surface area contributed by atoms with Crippen LogP contribution in [0.2, 0.25) is 0 Å². The van der Waals surface area contributed by atoms with Crippen LogP contribution < -0.4 is 21.1 Å². The largest absolute Gasteiger partial charge is 0.463 e. The van der Waals surface area contributed by atoms with Crippen LogP contribution in [-0.2, 0) is 9.53 Å². The lowest BCUT2D eigenvalue weighted by Gasteiger charge is -2.37. The number of carbonyl (C=O) groups excluding carboxylic acids is 1. The third-order valence-corrected chi connectivity index (χ3v) is 6.86. The van der Waals surface area contributed by atoms with Crippen LogP contribution in [0.15, 0.2) is 119 Å². The number of carbonyl (C=O) groups is 1. The Morgan fingerprint density at radius 3 is 2.17 bits per heavy atom. The molecule has 1 aliphatic heterocycles. The van der Waals surface area contributed by atoms with Gasteiger partial charge in [0.05, 0.1) is 23.8 Å². The molecule has 1 aliphatic rings. The van der Waals surface area contributed by atoms with Gasteiger partial charge in [0.15, 0.2) is 0 Å². The number of aliphatic imine (C=N–C) groups is 1. The molecule has 0 saturated heterocycles. The number of nitrogens with zero attached hydrogens (tertiary/aromatic N) is 2. The van der Waals surface area contributed by atoms with Crippen LogP contribution in [0.3, 0.4) is 0 Å². The molecule has 0 spiro atoms. The van der Waals surface area contributed by atoms with E-state index < -0.39 is 5.92 Å². The fraction of sp³-hybridized carbons (Fsp3) is 0.212. The van der Waals surface area contributed by atoms with E-state index in [1.807, 2.05) is 113 Å². The van der Waals surface area contributed by atoms with Crippen molar-refractivity contribution in [3.63, 3.8) is 0 Å². The molecule has 0 amide bonds. The van der Waals surface area contributed by atoms with Gasteiger partial charge in [0, 0.05) is 31.1 Å². The van der Waals surface area contributed by atoms with Crippen LogP contribution in [0.25, 0.3) is 5.70 Å². The van der Waals surface area contributed by atoms with Gasteiger partial charge in [-0.25, -0.2) is 4.79 Å². The molecule has 7 nitrogen and oxygen atoms in total. The first-order chi connectivity index (χ1) is 19.3. The average Bonchev–Trinajstić information content (AvgIpc) is 2.98. The Morgan fingerprint density at radius 2 is 1.57 bits per heavy atom. The van der Waals surface area contributed by atoms with Gasteiger partial charge in [-0.3, -0.25) is 15.8 Å². The number of amidine groups is 1. The van der Waals surface area contributed by atoms with E-state index in [2.05, 4.69) is 32.6 Å². The fourth-order valence-electron chi connectivity index (χ4n) is 4.77. The van der Waals surface area contributed by atoms with Crippen molar-refractivity contribution in [2.45, 2.75) is 26.7 Å². The summed E-state index contributed by atoms with van der Waals surface area (Å²) in [7, 11) is 3.72. The normalized spacial score (nSPS) is 15.3. The summed E-state index contributed by atoms with van der Waals surface area (Å²) in [4.78, 5) is 20.2. The summed E-state index contributed by atoms with van der Waals surface area (Å²) in [5, 5.41) is 3.51. The lowest BCUT2D eigenvalue weighted by Crippen LogP contribution is -2.45. The van der Waals surface area contributed by atoms with Crippen molar-refractivity contribution in [3.8, 4) is 0 Å². The zero-order valence-electron chi connectivity index (χ0n) is 23.8. The number of benzene rings is 3. The second kappa shape index (κ2) is 12.8. The van der Waals surface area contributed by atoms with Crippen molar-refractivity contribution in [1.82, 2.24) is 16.2 Å². The quantitative estimate of drug-likeness (QED) is 0.142. The number of para-hydroxylation sites is 1. The number of ether oxygens (including phenoxy) is 1. The van der Waals surface area contributed by atoms with Crippen LogP contribution in [-0.4, -0.2) is 32.5 Å². The van der Waals surface area contributed by atoms with E-state index in [9.17, 15) is 4.79 Å². The maximum Gasteiger partial charge on any atom is 0.336 e. The number of hydrazine groups is 1. The van der Waals surface area contributed by atoms with Crippen LogP contribution in [0.1, 0.15) is 36.5 Å². The Hall–Kier alpha value is -4.78. The molecule has 0 saturated carbocycles. The molecule has 7 heteroatoms. The number of anilines is 1. The fourth-order valence-corrected chi connectivity index (χ4v) is 4.77. The summed E-state index contributed by atoms with van der Waals surface area (Å²) < 4.78 is 5.55. The number of rotatable bonds is 9. The first-order valence-electron chi connectivity index (χ1n) is 13.3. The van der Waals surface area contributed by atoms with Gasteiger partial charge < -0.3 is 15.0 Å². The number of esters is 1. The molecule has 206 valence electrons. The zero-order valence-corrected chi connectivity index (χ0v) is 23.8. The van der Waals surface area contributed by atoms with Gasteiger partial charge in [-0.1, -0.05) is 84.9 Å². The monoisotopic (exact) mass is 535 g/mol. The molecule has 0 aromatic heterocycles. The van der Waals surface area contributed by atoms with Crippen LogP contribution in [0, 0.1) is 6.92 Å². The molecule has 3 aromatic rings. The Labute approximate surface area is 236 Å². The topological polar surface area (TPSA) is 78.0 Å². The van der Waals surface area contributed by atoms with E-state index in [-0.39, 0.29) is 12.6 Å². The van der Waals surface area contributed by atoms with Gasteiger partial charge >= 0.3 is 5.97 Å². The molecule has 1 heterocycles.